The van der Waals surface area contributed by atoms with E-state index in [4.69, 9.17) is 4.42 Å². The molecule has 1 aliphatic carbocycles. The van der Waals surface area contributed by atoms with Crippen LogP contribution in [-0.2, 0) is 17.5 Å². The second-order valence-electron chi connectivity index (χ2n) is 7.89. The summed E-state index contributed by atoms with van der Waals surface area (Å²) in [5.41, 5.74) is 5.70. The van der Waals surface area contributed by atoms with Gasteiger partial charge in [-0.05, 0) is 42.7 Å². The lowest BCUT2D eigenvalue weighted by molar-refractivity contribution is -0.118. The Morgan fingerprint density at radius 2 is 1.74 bits per heavy atom. The number of carbonyl (C=O) groups excluding carboxylic acids is 1. The molecule has 7 nitrogen and oxygen atoms in total. The van der Waals surface area contributed by atoms with Crippen molar-refractivity contribution < 1.29 is 26.6 Å². The van der Waals surface area contributed by atoms with Crippen LogP contribution in [0.25, 0.3) is 11.0 Å². The first kappa shape index (κ1) is 33.0. The van der Waals surface area contributed by atoms with Gasteiger partial charge in [0.05, 0.1) is 17.6 Å². The molecular weight excluding hydrogens is 517 g/mol. The second-order valence-corrected chi connectivity index (χ2v) is 9.14. The molecule has 1 unspecified atom stereocenters. The van der Waals surface area contributed by atoms with E-state index in [9.17, 15) is 22.2 Å². The number of nitrogens with one attached hydrogen (secondary N) is 2. The van der Waals surface area contributed by atoms with Crippen LogP contribution in [0.5, 0.6) is 0 Å². The summed E-state index contributed by atoms with van der Waals surface area (Å²) in [4.78, 5) is 17.0. The van der Waals surface area contributed by atoms with Gasteiger partial charge in [0.15, 0.2) is 11.3 Å². The first-order chi connectivity index (χ1) is 18.2. The fourth-order valence-electron chi connectivity index (χ4n) is 3.44. The van der Waals surface area contributed by atoms with Crippen molar-refractivity contribution in [3.63, 3.8) is 0 Å². The molecule has 1 atom stereocenters. The summed E-state index contributed by atoms with van der Waals surface area (Å²) in [6.07, 6.45) is 4.93. The molecule has 4 rings (SSSR count). The summed E-state index contributed by atoms with van der Waals surface area (Å²) in [7, 11) is -1.20. The topological polar surface area (TPSA) is 110 Å². The Balaban J connectivity index is 0.000000629. The summed E-state index contributed by atoms with van der Waals surface area (Å²) in [5.74, 6) is -0.0137. The van der Waals surface area contributed by atoms with Crippen LogP contribution in [-0.4, -0.2) is 33.9 Å². The van der Waals surface area contributed by atoms with E-state index in [1.807, 2.05) is 38.1 Å². The van der Waals surface area contributed by atoms with Gasteiger partial charge in [-0.1, -0.05) is 45.2 Å². The maximum Gasteiger partial charge on any atom is 0.400 e. The molecule has 0 radical (unpaired) electrons. The van der Waals surface area contributed by atoms with E-state index in [1.54, 1.807) is 24.5 Å². The van der Waals surface area contributed by atoms with Crippen LogP contribution in [0.15, 0.2) is 71.3 Å². The molecule has 38 heavy (non-hydrogen) atoms. The molecule has 1 fully saturated rings. The lowest BCUT2D eigenvalue weighted by Crippen LogP contribution is -2.32. The van der Waals surface area contributed by atoms with E-state index in [0.717, 1.165) is 28.7 Å². The minimum absolute atomic E-state index is 0.261. The molecule has 1 aliphatic rings. The minimum atomic E-state index is -4.18. The Morgan fingerprint density at radius 1 is 1.13 bits per heavy atom. The number of halogens is 3. The average Bonchev–Trinajstić information content (AvgIpc) is 3.39. The maximum atomic E-state index is 12.5. The van der Waals surface area contributed by atoms with Gasteiger partial charge in [0, 0.05) is 24.2 Å². The highest BCUT2D eigenvalue weighted by Gasteiger charge is 2.23. The van der Waals surface area contributed by atoms with E-state index in [-0.39, 0.29) is 11.7 Å². The van der Waals surface area contributed by atoms with E-state index in [1.165, 1.54) is 19.3 Å². The molecule has 1 saturated carbocycles. The molecule has 2 heterocycles. The van der Waals surface area contributed by atoms with Crippen LogP contribution in [0.1, 0.15) is 62.1 Å². The standard InChI is InChI=1S/C21H23N3O3S.C2H4F3N.C2H6.C2H4/c25-21(19-12-16-10-11-22-14-20(16)27-19)23-13-15-6-8-18(9-7-15)28(26)24-17-4-2-1-3-5-17;3-2(4,5)1-6;2*1-2/h6-12,14,17,24H,1-5,13H2,(H,23,25);1,6H2;1-2H3;1-2H2. The largest absolute Gasteiger partial charge is 0.449 e. The lowest BCUT2D eigenvalue weighted by atomic mass is 9.96. The molecule has 1 amide bonds. The molecule has 4 N–H and O–H groups in total. The second kappa shape index (κ2) is 17.5. The first-order valence-corrected chi connectivity index (χ1v) is 13.6. The molecule has 0 aliphatic heterocycles. The number of hydrogen-bond donors (Lipinski definition) is 3. The summed E-state index contributed by atoms with van der Waals surface area (Å²) in [6, 6.07) is 11.3. The molecule has 1 aromatic carbocycles. The number of furan rings is 1. The van der Waals surface area contributed by atoms with Crippen LogP contribution < -0.4 is 15.8 Å². The van der Waals surface area contributed by atoms with E-state index in [0.29, 0.717) is 18.2 Å². The molecule has 0 bridgehead atoms. The maximum absolute atomic E-state index is 12.5. The number of nitrogens with two attached hydrogens (primary N) is 1. The Bertz CT molecular complexity index is 1080. The Morgan fingerprint density at radius 3 is 2.29 bits per heavy atom. The normalized spacial score (nSPS) is 14.1. The Hall–Kier alpha value is -3.02. The van der Waals surface area contributed by atoms with Crippen molar-refractivity contribution in [2.75, 3.05) is 6.54 Å². The van der Waals surface area contributed by atoms with Crippen LogP contribution in [0.4, 0.5) is 13.2 Å². The van der Waals surface area contributed by atoms with Crippen molar-refractivity contribution in [2.45, 2.75) is 69.6 Å². The number of nitrogens with zero attached hydrogens (tertiary/aromatic N) is 1. The van der Waals surface area contributed by atoms with Gasteiger partial charge in [0.25, 0.3) is 5.91 Å². The Labute approximate surface area is 224 Å². The molecule has 0 saturated heterocycles. The third-order valence-corrected chi connectivity index (χ3v) is 6.50. The number of carbonyl (C=O) groups is 1. The van der Waals surface area contributed by atoms with Crippen LogP contribution >= 0.6 is 0 Å². The fraction of sp³-hybridized carbons (Fsp3) is 0.407. The van der Waals surface area contributed by atoms with Crippen LogP contribution in [0.2, 0.25) is 0 Å². The van der Waals surface area contributed by atoms with E-state index >= 15 is 0 Å². The fourth-order valence-corrected chi connectivity index (χ4v) is 4.49. The highest BCUT2D eigenvalue weighted by Crippen LogP contribution is 2.20. The van der Waals surface area contributed by atoms with Gasteiger partial charge in [-0.2, -0.15) is 13.2 Å². The highest BCUT2D eigenvalue weighted by molar-refractivity contribution is 7.83. The molecule has 11 heteroatoms. The number of rotatable bonds is 6. The highest BCUT2D eigenvalue weighted by atomic mass is 32.2. The number of alkyl halides is 3. The van der Waals surface area contributed by atoms with Gasteiger partial charge in [-0.3, -0.25) is 9.78 Å². The molecular formula is C27H37F3N4O3S. The average molecular weight is 555 g/mol. The zero-order valence-electron chi connectivity index (χ0n) is 21.9. The first-order valence-electron chi connectivity index (χ1n) is 12.4. The lowest BCUT2D eigenvalue weighted by Gasteiger charge is -2.22. The summed E-state index contributed by atoms with van der Waals surface area (Å²) in [5, 5.41) is 3.69. The zero-order chi connectivity index (χ0) is 28.6. The van der Waals surface area contributed by atoms with Gasteiger partial charge in [-0.25, -0.2) is 8.93 Å². The van der Waals surface area contributed by atoms with Crippen LogP contribution in [0, 0.1) is 0 Å². The SMILES string of the molecule is C=C.CC.NCC(F)(F)F.O=C(NCc1ccc(S(=O)NC2CCCCC2)cc1)c1cc2ccncc2o1. The molecule has 210 valence electrons. The number of amides is 1. The third-order valence-electron chi connectivity index (χ3n) is 5.25. The van der Waals surface area contributed by atoms with Gasteiger partial charge in [0.2, 0.25) is 0 Å². The summed E-state index contributed by atoms with van der Waals surface area (Å²) < 4.78 is 53.2. The Kier molecular flexibility index (Phi) is 15.2. The van der Waals surface area contributed by atoms with Gasteiger partial charge >= 0.3 is 6.18 Å². The van der Waals surface area contributed by atoms with Crippen molar-refractivity contribution in [1.82, 2.24) is 15.0 Å². The predicted octanol–water partition coefficient (Wildman–Crippen LogP) is 6.04. The van der Waals surface area contributed by atoms with Crippen molar-refractivity contribution in [3.05, 3.63) is 73.3 Å². The number of benzene rings is 1. The third kappa shape index (κ3) is 11.6. The van der Waals surface area contributed by atoms with Crippen LogP contribution in [0.3, 0.4) is 0 Å². The van der Waals surface area contributed by atoms with Gasteiger partial charge in [-0.15, -0.1) is 13.2 Å². The van der Waals surface area contributed by atoms with E-state index < -0.39 is 23.7 Å². The van der Waals surface area contributed by atoms with Crippen molar-refractivity contribution >= 4 is 27.9 Å². The molecule has 0 spiro atoms. The van der Waals surface area contributed by atoms with E-state index in [2.05, 4.69) is 33.9 Å². The number of aromatic nitrogens is 1. The van der Waals surface area contributed by atoms with Gasteiger partial charge in [0.1, 0.15) is 11.0 Å². The zero-order valence-corrected chi connectivity index (χ0v) is 22.7. The number of fused-ring (bicyclic) bond motifs is 1. The van der Waals surface area contributed by atoms with Crippen molar-refractivity contribution in [1.29, 1.82) is 0 Å². The van der Waals surface area contributed by atoms with Gasteiger partial charge < -0.3 is 15.5 Å². The van der Waals surface area contributed by atoms with Crippen molar-refractivity contribution in [3.8, 4) is 0 Å². The quantitative estimate of drug-likeness (QED) is 0.322. The monoisotopic (exact) mass is 554 g/mol. The van der Waals surface area contributed by atoms with Crippen molar-refractivity contribution in [2.24, 2.45) is 5.73 Å². The smallest absolute Gasteiger partial charge is 0.400 e. The molecule has 3 aromatic rings. The number of pyridine rings is 1. The predicted molar refractivity (Wildman–Crippen MR) is 146 cm³/mol. The minimum Gasteiger partial charge on any atom is -0.449 e. The molecule has 2 aromatic heterocycles. The number of hydrogen-bond acceptors (Lipinski definition) is 5. The summed E-state index contributed by atoms with van der Waals surface area (Å²) >= 11 is 0. The summed E-state index contributed by atoms with van der Waals surface area (Å²) in [6.45, 7) is 9.14.